The molecule has 3 aliphatic rings. The second kappa shape index (κ2) is 10.2. The molecule has 2 bridgehead atoms. The van der Waals surface area contributed by atoms with Gasteiger partial charge in [-0.1, -0.05) is 48.5 Å². The van der Waals surface area contributed by atoms with Crippen molar-refractivity contribution in [3.8, 4) is 5.75 Å². The third kappa shape index (κ3) is 3.57. The molecule has 6 aromatic rings. The molecule has 7 nitrogen and oxygen atoms in total. The third-order valence-electron chi connectivity index (χ3n) is 10.8. The molecule has 238 valence electrons. The van der Waals surface area contributed by atoms with Crippen LogP contribution in [0.5, 0.6) is 5.75 Å². The fraction of sp³-hybridized carbons (Fsp3) is 0.297. The molecule has 1 N–H and O–H groups in total. The van der Waals surface area contributed by atoms with Crippen LogP contribution in [-0.2, 0) is 6.54 Å². The Morgan fingerprint density at radius 1 is 0.809 bits per heavy atom. The smallest absolute Gasteiger partial charge is 0.262 e. The monoisotopic (exact) mass is 679 g/mol. The summed E-state index contributed by atoms with van der Waals surface area (Å²) < 4.78 is 9.57. The number of carbonyl (C=O) groups is 2. The first-order valence-electron chi connectivity index (χ1n) is 15.7. The summed E-state index contributed by atoms with van der Waals surface area (Å²) in [7, 11) is 1.62. The van der Waals surface area contributed by atoms with E-state index in [0.717, 1.165) is 61.3 Å². The number of para-hydroxylation sites is 2. The van der Waals surface area contributed by atoms with Gasteiger partial charge in [0.25, 0.3) is 11.8 Å². The number of ether oxygens (including phenoxy) is 1. The molecule has 0 spiro atoms. The van der Waals surface area contributed by atoms with Gasteiger partial charge in [0, 0.05) is 45.0 Å². The van der Waals surface area contributed by atoms with Crippen LogP contribution < -0.4 is 4.74 Å². The number of fused-ring (bicyclic) bond motifs is 13. The molecule has 9 rings (SSSR count). The lowest BCUT2D eigenvalue weighted by molar-refractivity contribution is 0.0176. The Morgan fingerprint density at radius 2 is 1.34 bits per heavy atom. The molecule has 2 aromatic heterocycles. The van der Waals surface area contributed by atoms with Crippen LogP contribution in [0.4, 0.5) is 0 Å². The van der Waals surface area contributed by atoms with E-state index >= 15 is 0 Å². The van der Waals surface area contributed by atoms with E-state index in [4.69, 9.17) is 4.74 Å². The van der Waals surface area contributed by atoms with Crippen LogP contribution in [0.15, 0.2) is 72.8 Å². The van der Waals surface area contributed by atoms with Gasteiger partial charge in [-0.25, -0.2) is 0 Å². The van der Waals surface area contributed by atoms with Crippen molar-refractivity contribution < 1.29 is 19.4 Å². The summed E-state index contributed by atoms with van der Waals surface area (Å²) >= 11 is 5.13. The molecule has 1 saturated carbocycles. The molecular weight excluding hydrogens is 647 g/mol. The number of hydrogen-bond donors (Lipinski definition) is 1. The highest BCUT2D eigenvalue weighted by Gasteiger charge is 2.62. The Balaban J connectivity index is 1.41. The van der Waals surface area contributed by atoms with Crippen molar-refractivity contribution in [1.82, 2.24) is 14.0 Å². The Labute approximate surface area is 284 Å². The van der Waals surface area contributed by atoms with Gasteiger partial charge in [0.1, 0.15) is 14.8 Å². The van der Waals surface area contributed by atoms with Crippen molar-refractivity contribution in [2.45, 2.75) is 40.5 Å². The maximum atomic E-state index is 14.7. The van der Waals surface area contributed by atoms with Gasteiger partial charge in [0.15, 0.2) is 0 Å². The SMILES string of the molecule is COc1ccc(CN2C(=O)c3c(c4c5ccccc5n5c4c4c3c3ccccc3n4C3CC5[C@@](O)(C(SC)(SC)SC)C3)C2=O)cc1. The highest BCUT2D eigenvalue weighted by Crippen LogP contribution is 2.65. The van der Waals surface area contributed by atoms with E-state index in [1.807, 2.05) is 48.5 Å². The molecule has 4 heterocycles. The number of benzene rings is 4. The van der Waals surface area contributed by atoms with Crippen LogP contribution >= 0.6 is 35.3 Å². The average molecular weight is 680 g/mol. The van der Waals surface area contributed by atoms with Gasteiger partial charge in [0.05, 0.1) is 41.9 Å². The molecular formula is C37H33N3O4S3. The zero-order chi connectivity index (χ0) is 32.4. The molecule has 4 aromatic carbocycles. The first-order valence-corrected chi connectivity index (χ1v) is 19.4. The summed E-state index contributed by atoms with van der Waals surface area (Å²) in [5.41, 5.74) is 4.67. The van der Waals surface area contributed by atoms with Gasteiger partial charge in [-0.2, -0.15) is 0 Å². The fourth-order valence-corrected chi connectivity index (χ4v) is 12.7. The number of carbonyl (C=O) groups excluding carboxylic acids is 2. The van der Waals surface area contributed by atoms with Gasteiger partial charge >= 0.3 is 0 Å². The van der Waals surface area contributed by atoms with Crippen LogP contribution in [0.2, 0.25) is 0 Å². The number of nitrogens with zero attached hydrogens (tertiary/aromatic N) is 3. The van der Waals surface area contributed by atoms with Crippen molar-refractivity contribution in [1.29, 1.82) is 0 Å². The maximum absolute atomic E-state index is 14.7. The summed E-state index contributed by atoms with van der Waals surface area (Å²) in [6.45, 7) is 0.166. The van der Waals surface area contributed by atoms with Gasteiger partial charge in [-0.05, 0) is 55.0 Å². The van der Waals surface area contributed by atoms with Crippen LogP contribution in [-0.4, -0.2) is 65.8 Å². The van der Waals surface area contributed by atoms with Crippen molar-refractivity contribution in [2.24, 2.45) is 0 Å². The van der Waals surface area contributed by atoms with Crippen LogP contribution in [0, 0.1) is 0 Å². The van der Waals surface area contributed by atoms with Gasteiger partial charge in [-0.15, -0.1) is 35.3 Å². The van der Waals surface area contributed by atoms with E-state index in [0.29, 0.717) is 17.5 Å². The summed E-state index contributed by atoms with van der Waals surface area (Å²) in [5, 5.41) is 16.7. The van der Waals surface area contributed by atoms with Crippen molar-refractivity contribution >= 4 is 90.7 Å². The Kier molecular flexibility index (Phi) is 6.43. The Hall–Kier alpha value is -3.57. The molecule has 10 heteroatoms. The second-order valence-electron chi connectivity index (χ2n) is 12.7. The summed E-state index contributed by atoms with van der Waals surface area (Å²) in [5.74, 6) is 0.177. The zero-order valence-electron chi connectivity index (χ0n) is 26.4. The number of rotatable bonds is 7. The quantitative estimate of drug-likeness (QED) is 0.135. The van der Waals surface area contributed by atoms with Crippen LogP contribution in [0.3, 0.4) is 0 Å². The van der Waals surface area contributed by atoms with E-state index < -0.39 is 9.01 Å². The number of aliphatic hydroxyl groups is 1. The molecule has 1 aliphatic carbocycles. The number of aromatic nitrogens is 2. The van der Waals surface area contributed by atoms with Gasteiger partial charge in [0.2, 0.25) is 0 Å². The van der Waals surface area contributed by atoms with Crippen molar-refractivity contribution in [3.05, 3.63) is 89.5 Å². The predicted molar refractivity (Wildman–Crippen MR) is 195 cm³/mol. The number of amides is 2. The number of thioether (sulfide) groups is 3. The lowest BCUT2D eigenvalue weighted by atomic mass is 9.95. The van der Waals surface area contributed by atoms with Crippen molar-refractivity contribution in [2.75, 3.05) is 25.9 Å². The maximum Gasteiger partial charge on any atom is 0.262 e. The molecule has 2 aliphatic heterocycles. The Morgan fingerprint density at radius 3 is 1.89 bits per heavy atom. The highest BCUT2D eigenvalue weighted by atomic mass is 32.3. The third-order valence-corrected chi connectivity index (χ3v) is 16.5. The van der Waals surface area contributed by atoms with Crippen molar-refractivity contribution in [3.63, 3.8) is 0 Å². The normalized spacial score (nSPS) is 22.0. The number of hydrogen-bond acceptors (Lipinski definition) is 7. The molecule has 0 saturated heterocycles. The molecule has 2 unspecified atom stereocenters. The highest BCUT2D eigenvalue weighted by molar-refractivity contribution is 8.33. The summed E-state index contributed by atoms with van der Waals surface area (Å²) in [6.07, 6.45) is 7.60. The molecule has 0 radical (unpaired) electrons. The van der Waals surface area contributed by atoms with E-state index in [-0.39, 0.29) is 30.4 Å². The zero-order valence-corrected chi connectivity index (χ0v) is 28.9. The second-order valence-corrected chi connectivity index (χ2v) is 16.6. The minimum atomic E-state index is -1.07. The Bertz CT molecular complexity index is 2320. The largest absolute Gasteiger partial charge is 0.497 e. The predicted octanol–water partition coefficient (Wildman–Crippen LogP) is 8.07. The molecule has 47 heavy (non-hydrogen) atoms. The van der Waals surface area contributed by atoms with Gasteiger partial charge in [-0.3, -0.25) is 14.5 Å². The number of methoxy groups -OCH3 is 1. The lowest BCUT2D eigenvalue weighted by Gasteiger charge is -2.46. The first-order chi connectivity index (χ1) is 22.8. The molecule has 2 amide bonds. The van der Waals surface area contributed by atoms with E-state index in [1.54, 1.807) is 42.4 Å². The molecule has 3 atom stereocenters. The first kappa shape index (κ1) is 29.6. The number of imide groups is 1. The topological polar surface area (TPSA) is 76.7 Å². The summed E-state index contributed by atoms with van der Waals surface area (Å²) in [4.78, 5) is 30.7. The standard InChI is InChI=1S/C37H33N3O4S3/c1-44-22-15-13-20(14-16-22)19-38-34(41)30-28-23-9-5-7-11-25(23)39-21-17-27(36(43,18-21)37(45-2,46-3)47-4)40-26-12-8-6-10-24(26)29(31(30)35(38)42)33(40)32(28)39/h5-16,21,27,43H,17-19H2,1-4H3/t21?,27?,36-/m1/s1. The summed E-state index contributed by atoms with van der Waals surface area (Å²) in [6, 6.07) is 23.7. The van der Waals surface area contributed by atoms with Gasteiger partial charge < -0.3 is 19.0 Å². The van der Waals surface area contributed by atoms with Crippen LogP contribution in [0.25, 0.3) is 43.6 Å². The lowest BCUT2D eigenvalue weighted by Crippen LogP contribution is -2.51. The van der Waals surface area contributed by atoms with E-state index in [1.165, 1.54) is 4.90 Å². The minimum absolute atomic E-state index is 0.000691. The van der Waals surface area contributed by atoms with Crippen LogP contribution in [0.1, 0.15) is 51.2 Å². The minimum Gasteiger partial charge on any atom is -0.497 e. The van der Waals surface area contributed by atoms with E-state index in [9.17, 15) is 14.7 Å². The van der Waals surface area contributed by atoms with E-state index in [2.05, 4.69) is 52.2 Å². The molecule has 1 fully saturated rings. The fourth-order valence-electron chi connectivity index (χ4n) is 8.95. The average Bonchev–Trinajstić information content (AvgIpc) is 3.77.